The highest BCUT2D eigenvalue weighted by Gasteiger charge is 2.34. The summed E-state index contributed by atoms with van der Waals surface area (Å²) >= 11 is 0. The molecule has 1 atom stereocenters. The zero-order valence-corrected chi connectivity index (χ0v) is 19.9. The molecule has 0 bridgehead atoms. The molecular formula is C26H42N2O4. The lowest BCUT2D eigenvalue weighted by atomic mass is 9.80. The summed E-state index contributed by atoms with van der Waals surface area (Å²) in [5.74, 6) is -0.917. The normalized spacial score (nSPS) is 17.4. The van der Waals surface area contributed by atoms with Crippen molar-refractivity contribution in [3.05, 3.63) is 42.0 Å². The van der Waals surface area contributed by atoms with Gasteiger partial charge in [0.05, 0.1) is 5.41 Å². The smallest absolute Gasteiger partial charge is 0.331 e. The maximum atomic E-state index is 10.8. The van der Waals surface area contributed by atoms with Crippen molar-refractivity contribution in [1.29, 1.82) is 0 Å². The molecule has 0 fully saturated rings. The van der Waals surface area contributed by atoms with Crippen molar-refractivity contribution in [3.8, 4) is 0 Å². The van der Waals surface area contributed by atoms with Gasteiger partial charge in [0, 0.05) is 24.4 Å². The predicted molar refractivity (Wildman–Crippen MR) is 129 cm³/mol. The number of carbonyl (C=O) groups is 2. The topological polar surface area (TPSA) is 103 Å². The second kappa shape index (κ2) is 16.3. The fourth-order valence-electron chi connectivity index (χ4n) is 3.75. The van der Waals surface area contributed by atoms with Crippen molar-refractivity contribution in [3.63, 3.8) is 0 Å². The number of carboxylic acids is 2. The minimum absolute atomic E-state index is 0.0359. The highest BCUT2D eigenvalue weighted by Crippen LogP contribution is 2.31. The van der Waals surface area contributed by atoms with Crippen LogP contribution in [0.2, 0.25) is 0 Å². The maximum absolute atomic E-state index is 10.8. The van der Waals surface area contributed by atoms with Crippen molar-refractivity contribution in [1.82, 2.24) is 9.97 Å². The summed E-state index contributed by atoms with van der Waals surface area (Å²) in [6.07, 6.45) is 26.3. The quantitative estimate of drug-likeness (QED) is 0.260. The van der Waals surface area contributed by atoms with Crippen LogP contribution < -0.4 is 0 Å². The van der Waals surface area contributed by atoms with Gasteiger partial charge in [-0.05, 0) is 19.8 Å². The molecule has 1 aliphatic carbocycles. The van der Waals surface area contributed by atoms with Crippen LogP contribution in [0.4, 0.5) is 0 Å². The van der Waals surface area contributed by atoms with E-state index in [2.05, 4.69) is 16.9 Å². The fourth-order valence-corrected chi connectivity index (χ4v) is 3.75. The van der Waals surface area contributed by atoms with E-state index in [1.54, 1.807) is 0 Å². The summed E-state index contributed by atoms with van der Waals surface area (Å²) in [7, 11) is 0. The number of aryl methyl sites for hydroxylation is 1. The summed E-state index contributed by atoms with van der Waals surface area (Å²) in [4.78, 5) is 28.8. The van der Waals surface area contributed by atoms with Gasteiger partial charge >= 0.3 is 11.9 Å². The number of rotatable bonds is 15. The first-order valence-electron chi connectivity index (χ1n) is 12.2. The summed E-state index contributed by atoms with van der Waals surface area (Å²) in [5.41, 5.74) is -0.949. The summed E-state index contributed by atoms with van der Waals surface area (Å²) in [6, 6.07) is 0. The van der Waals surface area contributed by atoms with E-state index < -0.39 is 17.4 Å². The number of aromatic nitrogens is 2. The molecule has 0 spiro atoms. The Morgan fingerprint density at radius 2 is 1.53 bits per heavy atom. The number of nitrogens with zero attached hydrogens (tertiary/aromatic N) is 1. The Balaban J connectivity index is 0.000000343. The van der Waals surface area contributed by atoms with Crippen molar-refractivity contribution in [2.75, 3.05) is 0 Å². The molecule has 6 heteroatoms. The zero-order chi connectivity index (χ0) is 23.7. The number of hydrogen-bond donors (Lipinski definition) is 3. The maximum Gasteiger partial charge on any atom is 0.331 e. The van der Waals surface area contributed by atoms with Crippen molar-refractivity contribution in [2.45, 2.75) is 104 Å². The minimum Gasteiger partial charge on any atom is -0.481 e. The fraction of sp³-hybridized carbons (Fsp3) is 0.654. The van der Waals surface area contributed by atoms with Crippen LogP contribution in [-0.2, 0) is 16.0 Å². The lowest BCUT2D eigenvalue weighted by molar-refractivity contribution is -0.145. The Bertz CT molecular complexity index is 709. The van der Waals surface area contributed by atoms with E-state index >= 15 is 0 Å². The van der Waals surface area contributed by atoms with E-state index in [4.69, 9.17) is 10.2 Å². The molecule has 6 nitrogen and oxygen atoms in total. The number of carboxylic acid groups (broad SMARTS) is 2. The van der Waals surface area contributed by atoms with E-state index in [-0.39, 0.29) is 12.0 Å². The SMILES string of the molecule is CC1(C(=O)O)C=CC=C(C(=O)O)C1.CCCCCCCCCCCCCCc1ncc[nH]1. The van der Waals surface area contributed by atoms with Gasteiger partial charge in [0.2, 0.25) is 0 Å². The lowest BCUT2D eigenvalue weighted by Gasteiger charge is -2.23. The average Bonchev–Trinajstić information content (AvgIpc) is 3.28. The predicted octanol–water partition coefficient (Wildman–Crippen LogP) is 6.70. The Hall–Kier alpha value is -2.37. The molecule has 32 heavy (non-hydrogen) atoms. The molecule has 0 aromatic carbocycles. The number of nitrogens with one attached hydrogen (secondary N) is 1. The first-order valence-corrected chi connectivity index (χ1v) is 12.2. The Kier molecular flexibility index (Phi) is 14.1. The number of imidazole rings is 1. The third-order valence-corrected chi connectivity index (χ3v) is 5.90. The monoisotopic (exact) mass is 446 g/mol. The molecule has 2 rings (SSSR count). The van der Waals surface area contributed by atoms with Crippen LogP contribution in [0.5, 0.6) is 0 Å². The van der Waals surface area contributed by atoms with Crippen LogP contribution in [-0.4, -0.2) is 32.1 Å². The minimum atomic E-state index is -1.08. The van der Waals surface area contributed by atoms with E-state index in [1.165, 1.54) is 102 Å². The van der Waals surface area contributed by atoms with E-state index in [1.807, 2.05) is 12.4 Å². The van der Waals surface area contributed by atoms with Crippen LogP contribution in [0.15, 0.2) is 36.2 Å². The van der Waals surface area contributed by atoms with Crippen molar-refractivity contribution < 1.29 is 19.8 Å². The first-order chi connectivity index (χ1) is 15.4. The van der Waals surface area contributed by atoms with Crippen LogP contribution in [0.25, 0.3) is 0 Å². The number of hydrogen-bond acceptors (Lipinski definition) is 3. The number of H-pyrrole nitrogens is 1. The molecule has 1 heterocycles. The molecule has 1 aromatic heterocycles. The van der Waals surface area contributed by atoms with Gasteiger partial charge < -0.3 is 15.2 Å². The summed E-state index contributed by atoms with van der Waals surface area (Å²) < 4.78 is 0. The third kappa shape index (κ3) is 11.9. The Morgan fingerprint density at radius 3 is 2.00 bits per heavy atom. The largest absolute Gasteiger partial charge is 0.481 e. The third-order valence-electron chi connectivity index (χ3n) is 5.90. The molecule has 0 saturated carbocycles. The van der Waals surface area contributed by atoms with Crippen molar-refractivity contribution >= 4 is 11.9 Å². The van der Waals surface area contributed by atoms with Gasteiger partial charge in [-0.25, -0.2) is 9.78 Å². The second-order valence-electron chi connectivity index (χ2n) is 8.93. The Morgan fingerprint density at radius 1 is 0.969 bits per heavy atom. The molecule has 0 saturated heterocycles. The van der Waals surface area contributed by atoms with Crippen molar-refractivity contribution in [2.24, 2.45) is 5.41 Å². The molecule has 0 aliphatic heterocycles. The van der Waals surface area contributed by atoms with Gasteiger partial charge in [-0.1, -0.05) is 95.8 Å². The van der Waals surface area contributed by atoms with Gasteiger partial charge in [-0.3, -0.25) is 4.79 Å². The lowest BCUT2D eigenvalue weighted by Crippen LogP contribution is -2.28. The Labute approximate surface area is 193 Å². The average molecular weight is 447 g/mol. The summed E-state index contributed by atoms with van der Waals surface area (Å²) in [5, 5.41) is 17.5. The second-order valence-corrected chi connectivity index (χ2v) is 8.93. The zero-order valence-electron chi connectivity index (χ0n) is 19.9. The molecule has 1 unspecified atom stereocenters. The van der Waals surface area contributed by atoms with E-state index in [0.29, 0.717) is 0 Å². The number of aromatic amines is 1. The summed E-state index contributed by atoms with van der Waals surface area (Å²) in [6.45, 7) is 3.79. The number of aliphatic carboxylic acids is 2. The highest BCUT2D eigenvalue weighted by molar-refractivity contribution is 5.90. The molecule has 1 aliphatic rings. The van der Waals surface area contributed by atoms with Crippen LogP contribution >= 0.6 is 0 Å². The molecule has 0 radical (unpaired) electrons. The van der Waals surface area contributed by atoms with Gasteiger partial charge in [0.25, 0.3) is 0 Å². The van der Waals surface area contributed by atoms with Crippen LogP contribution in [0, 0.1) is 5.41 Å². The standard InChI is InChI=1S/C17H32N2.C9H10O4/c1-2-3-4-5-6-7-8-9-10-11-12-13-14-17-18-15-16-19-17;1-9(8(12)13)4-2-3-6(5-9)7(10)11/h15-16H,2-14H2,1H3,(H,18,19);2-4H,5H2,1H3,(H,10,11)(H,12,13). The van der Waals surface area contributed by atoms with E-state index in [9.17, 15) is 9.59 Å². The number of allylic oxidation sites excluding steroid dienone is 2. The van der Waals surface area contributed by atoms with E-state index in [0.717, 1.165) is 12.2 Å². The molecule has 3 N–H and O–H groups in total. The molecular weight excluding hydrogens is 404 g/mol. The molecule has 0 amide bonds. The van der Waals surface area contributed by atoms with Crippen LogP contribution in [0.3, 0.4) is 0 Å². The highest BCUT2D eigenvalue weighted by atomic mass is 16.4. The van der Waals surface area contributed by atoms with Gasteiger partial charge in [-0.15, -0.1) is 0 Å². The van der Waals surface area contributed by atoms with Gasteiger partial charge in [0.15, 0.2) is 0 Å². The van der Waals surface area contributed by atoms with Crippen LogP contribution in [0.1, 0.15) is 103 Å². The first kappa shape index (κ1) is 27.7. The number of unbranched alkanes of at least 4 members (excludes halogenated alkanes) is 11. The molecule has 1 aromatic rings. The van der Waals surface area contributed by atoms with Gasteiger partial charge in [-0.2, -0.15) is 0 Å². The molecule has 180 valence electrons. The van der Waals surface area contributed by atoms with Gasteiger partial charge in [0.1, 0.15) is 5.82 Å².